The summed E-state index contributed by atoms with van der Waals surface area (Å²) in [6.45, 7) is 5.13. The molecule has 98 valence electrons. The van der Waals surface area contributed by atoms with Gasteiger partial charge in [-0.25, -0.2) is 0 Å². The predicted octanol–water partition coefficient (Wildman–Crippen LogP) is 2.92. The van der Waals surface area contributed by atoms with Crippen LogP contribution in [0.25, 0.3) is 0 Å². The normalized spacial score (nSPS) is 14.8. The first-order valence-electron chi connectivity index (χ1n) is 6.75. The third kappa shape index (κ3) is 4.49. The fraction of sp³-hybridized carbons (Fsp3) is 0.533. The summed E-state index contributed by atoms with van der Waals surface area (Å²) >= 11 is 0. The minimum absolute atomic E-state index is 0.144. The van der Waals surface area contributed by atoms with Crippen LogP contribution in [0.1, 0.15) is 38.7 Å². The lowest BCUT2D eigenvalue weighted by atomic mass is 10.2. The highest BCUT2D eigenvalue weighted by Gasteiger charge is 2.24. The van der Waals surface area contributed by atoms with Crippen molar-refractivity contribution < 1.29 is 4.79 Å². The van der Waals surface area contributed by atoms with Gasteiger partial charge in [-0.2, -0.15) is 0 Å². The van der Waals surface area contributed by atoms with E-state index in [2.05, 4.69) is 36.6 Å². The quantitative estimate of drug-likeness (QED) is 0.810. The number of amides is 1. The Hall–Kier alpha value is -1.35. The minimum atomic E-state index is 0.144. The van der Waals surface area contributed by atoms with Crippen LogP contribution in [0.4, 0.5) is 5.69 Å². The van der Waals surface area contributed by atoms with E-state index in [0.717, 1.165) is 12.2 Å². The van der Waals surface area contributed by atoms with Gasteiger partial charge >= 0.3 is 0 Å². The molecule has 0 aromatic heterocycles. The second kappa shape index (κ2) is 6.01. The molecule has 0 atom stereocenters. The van der Waals surface area contributed by atoms with Crippen LogP contribution >= 0.6 is 0 Å². The molecule has 1 fully saturated rings. The molecule has 1 aromatic rings. The topological polar surface area (TPSA) is 41.1 Å². The number of carbonyl (C=O) groups excluding carboxylic acids is 1. The van der Waals surface area contributed by atoms with E-state index in [1.807, 2.05) is 12.1 Å². The molecule has 0 unspecified atom stereocenters. The van der Waals surface area contributed by atoms with Crippen molar-refractivity contribution in [3.8, 4) is 0 Å². The summed E-state index contributed by atoms with van der Waals surface area (Å²) in [4.78, 5) is 11.6. The summed E-state index contributed by atoms with van der Waals surface area (Å²) in [5.41, 5.74) is 2.14. The van der Waals surface area contributed by atoms with E-state index in [-0.39, 0.29) is 5.91 Å². The second-order valence-corrected chi connectivity index (χ2v) is 5.43. The molecule has 2 rings (SSSR count). The van der Waals surface area contributed by atoms with E-state index < -0.39 is 0 Å². The van der Waals surface area contributed by atoms with Crippen molar-refractivity contribution in [2.24, 2.45) is 5.92 Å². The van der Waals surface area contributed by atoms with Crippen LogP contribution in [0.3, 0.4) is 0 Å². The number of hydrogen-bond donors (Lipinski definition) is 2. The van der Waals surface area contributed by atoms with Crippen LogP contribution in [0.2, 0.25) is 0 Å². The Labute approximate surface area is 109 Å². The third-order valence-electron chi connectivity index (χ3n) is 3.12. The summed E-state index contributed by atoms with van der Waals surface area (Å²) in [5, 5.41) is 6.32. The standard InChI is InChI=1S/C15H22N2O/c1-11(2)16-10-13-5-7-14(8-6-13)17-15(18)9-12-3-4-12/h5-8,11-12,16H,3-4,9-10H2,1-2H3,(H,17,18). The van der Waals surface area contributed by atoms with E-state index in [1.165, 1.54) is 18.4 Å². The van der Waals surface area contributed by atoms with Crippen molar-refractivity contribution in [1.29, 1.82) is 0 Å². The molecule has 0 bridgehead atoms. The van der Waals surface area contributed by atoms with Gasteiger partial charge in [0.25, 0.3) is 0 Å². The molecule has 0 radical (unpaired) electrons. The van der Waals surface area contributed by atoms with Gasteiger partial charge in [-0.1, -0.05) is 26.0 Å². The maximum absolute atomic E-state index is 11.6. The molecule has 2 N–H and O–H groups in total. The Morgan fingerprint density at radius 1 is 1.28 bits per heavy atom. The fourth-order valence-electron chi connectivity index (χ4n) is 1.82. The molecular weight excluding hydrogens is 224 g/mol. The van der Waals surface area contributed by atoms with Gasteiger partial charge in [0.05, 0.1) is 0 Å². The van der Waals surface area contributed by atoms with Crippen molar-refractivity contribution in [3.63, 3.8) is 0 Å². The molecule has 0 spiro atoms. The van der Waals surface area contributed by atoms with Gasteiger partial charge in [0.2, 0.25) is 5.91 Å². The zero-order valence-electron chi connectivity index (χ0n) is 11.2. The first-order valence-corrected chi connectivity index (χ1v) is 6.75. The first kappa shape index (κ1) is 13.1. The Morgan fingerprint density at radius 3 is 2.50 bits per heavy atom. The molecule has 1 saturated carbocycles. The number of nitrogens with one attached hydrogen (secondary N) is 2. The van der Waals surface area contributed by atoms with Crippen molar-refractivity contribution in [1.82, 2.24) is 5.32 Å². The zero-order valence-corrected chi connectivity index (χ0v) is 11.2. The molecule has 0 saturated heterocycles. The molecular formula is C15H22N2O. The summed E-state index contributed by atoms with van der Waals surface area (Å²) in [7, 11) is 0. The molecule has 0 heterocycles. The summed E-state index contributed by atoms with van der Waals surface area (Å²) in [6, 6.07) is 8.55. The smallest absolute Gasteiger partial charge is 0.224 e. The van der Waals surface area contributed by atoms with E-state index >= 15 is 0 Å². The minimum Gasteiger partial charge on any atom is -0.326 e. The van der Waals surface area contributed by atoms with Crippen LogP contribution in [0.5, 0.6) is 0 Å². The third-order valence-corrected chi connectivity index (χ3v) is 3.12. The van der Waals surface area contributed by atoms with Gasteiger partial charge in [-0.3, -0.25) is 4.79 Å². The van der Waals surface area contributed by atoms with Gasteiger partial charge < -0.3 is 10.6 Å². The van der Waals surface area contributed by atoms with Crippen LogP contribution < -0.4 is 10.6 Å². The number of hydrogen-bond acceptors (Lipinski definition) is 2. The van der Waals surface area contributed by atoms with Crippen LogP contribution in [0, 0.1) is 5.92 Å². The van der Waals surface area contributed by atoms with Crippen LogP contribution in [0.15, 0.2) is 24.3 Å². The maximum atomic E-state index is 11.6. The van der Waals surface area contributed by atoms with Gasteiger partial charge in [-0.05, 0) is 36.5 Å². The highest BCUT2D eigenvalue weighted by Crippen LogP contribution is 2.32. The predicted molar refractivity (Wildman–Crippen MR) is 74.4 cm³/mol. The monoisotopic (exact) mass is 246 g/mol. The lowest BCUT2D eigenvalue weighted by molar-refractivity contribution is -0.116. The molecule has 3 nitrogen and oxygen atoms in total. The van der Waals surface area contributed by atoms with E-state index in [1.54, 1.807) is 0 Å². The molecule has 1 aliphatic carbocycles. The lowest BCUT2D eigenvalue weighted by Gasteiger charge is -2.09. The SMILES string of the molecule is CC(C)NCc1ccc(NC(=O)CC2CC2)cc1. The fourth-order valence-corrected chi connectivity index (χ4v) is 1.82. The average molecular weight is 246 g/mol. The number of carbonyl (C=O) groups is 1. The van der Waals surface area contributed by atoms with Crippen LogP contribution in [-0.4, -0.2) is 11.9 Å². The zero-order chi connectivity index (χ0) is 13.0. The van der Waals surface area contributed by atoms with Crippen molar-refractivity contribution in [2.45, 2.75) is 45.7 Å². The van der Waals surface area contributed by atoms with Crippen molar-refractivity contribution >= 4 is 11.6 Å². The van der Waals surface area contributed by atoms with Gasteiger partial charge in [0, 0.05) is 24.7 Å². The van der Waals surface area contributed by atoms with Crippen molar-refractivity contribution in [2.75, 3.05) is 5.32 Å². The van der Waals surface area contributed by atoms with Gasteiger partial charge in [0.15, 0.2) is 0 Å². The number of rotatable bonds is 6. The number of anilines is 1. The lowest BCUT2D eigenvalue weighted by Crippen LogP contribution is -2.21. The average Bonchev–Trinajstić information content (AvgIpc) is 3.12. The number of benzene rings is 1. The van der Waals surface area contributed by atoms with E-state index in [9.17, 15) is 4.79 Å². The molecule has 1 amide bonds. The Kier molecular flexibility index (Phi) is 4.37. The van der Waals surface area contributed by atoms with Crippen LogP contribution in [-0.2, 0) is 11.3 Å². The highest BCUT2D eigenvalue weighted by atomic mass is 16.1. The maximum Gasteiger partial charge on any atom is 0.224 e. The highest BCUT2D eigenvalue weighted by molar-refractivity contribution is 5.91. The largest absolute Gasteiger partial charge is 0.326 e. The van der Waals surface area contributed by atoms with Gasteiger partial charge in [-0.15, -0.1) is 0 Å². The van der Waals surface area contributed by atoms with Crippen molar-refractivity contribution in [3.05, 3.63) is 29.8 Å². The Morgan fingerprint density at radius 2 is 1.94 bits per heavy atom. The Balaban J connectivity index is 1.80. The summed E-state index contributed by atoms with van der Waals surface area (Å²) in [5.74, 6) is 0.782. The second-order valence-electron chi connectivity index (χ2n) is 5.43. The molecule has 3 heteroatoms. The molecule has 1 aromatic carbocycles. The molecule has 18 heavy (non-hydrogen) atoms. The molecule has 0 aliphatic heterocycles. The van der Waals surface area contributed by atoms with E-state index in [4.69, 9.17) is 0 Å². The first-order chi connectivity index (χ1) is 8.63. The Bertz CT molecular complexity index is 393. The summed E-state index contributed by atoms with van der Waals surface area (Å²) < 4.78 is 0. The van der Waals surface area contributed by atoms with Gasteiger partial charge in [0.1, 0.15) is 0 Å². The van der Waals surface area contributed by atoms with E-state index in [0.29, 0.717) is 18.4 Å². The summed E-state index contributed by atoms with van der Waals surface area (Å²) in [6.07, 6.45) is 3.11. The molecule has 1 aliphatic rings.